The van der Waals surface area contributed by atoms with Crippen LogP contribution in [0, 0.1) is 5.41 Å². The zero-order chi connectivity index (χ0) is 28.4. The highest BCUT2D eigenvalue weighted by atomic mass is 19.1. The summed E-state index contributed by atoms with van der Waals surface area (Å²) in [6.45, 7) is 8.22. The van der Waals surface area contributed by atoms with Crippen molar-refractivity contribution in [2.24, 2.45) is 12.0 Å². The summed E-state index contributed by atoms with van der Waals surface area (Å²) in [7, 11) is 3.41. The largest absolute Gasteiger partial charge is 0.491 e. The van der Waals surface area contributed by atoms with Crippen LogP contribution < -0.4 is 20.1 Å². The molecule has 0 aliphatic carbocycles. The molecule has 0 saturated carbocycles. The number of halogens is 1. The fraction of sp³-hybridized carbons (Fsp3) is 0.444. The number of aryl methyl sites for hydroxylation is 1. The van der Waals surface area contributed by atoms with E-state index in [-0.39, 0.29) is 23.9 Å². The highest BCUT2D eigenvalue weighted by molar-refractivity contribution is 5.90. The van der Waals surface area contributed by atoms with Crippen LogP contribution in [0.25, 0.3) is 11.2 Å². The Morgan fingerprint density at radius 3 is 2.85 bits per heavy atom. The number of anilines is 2. The highest BCUT2D eigenvalue weighted by Crippen LogP contribution is 2.37. The Hall–Kier alpha value is -4.26. The van der Waals surface area contributed by atoms with Crippen molar-refractivity contribution >= 4 is 35.4 Å². The number of likely N-dealkylation sites (tertiary alicyclic amines) is 1. The first-order valence-corrected chi connectivity index (χ1v) is 13.2. The van der Waals surface area contributed by atoms with Crippen molar-refractivity contribution in [2.45, 2.75) is 38.6 Å². The van der Waals surface area contributed by atoms with E-state index >= 15 is 0 Å². The van der Waals surface area contributed by atoms with E-state index in [1.807, 2.05) is 17.7 Å². The average molecular weight is 551 g/mol. The van der Waals surface area contributed by atoms with Gasteiger partial charge in [-0.2, -0.15) is 10.1 Å². The van der Waals surface area contributed by atoms with Gasteiger partial charge < -0.3 is 30.1 Å². The van der Waals surface area contributed by atoms with Crippen molar-refractivity contribution in [3.63, 3.8) is 0 Å². The van der Waals surface area contributed by atoms with Gasteiger partial charge in [-0.05, 0) is 6.42 Å². The Morgan fingerprint density at radius 1 is 1.35 bits per heavy atom. The van der Waals surface area contributed by atoms with Crippen LogP contribution in [0.2, 0.25) is 0 Å². The third-order valence-electron chi connectivity index (χ3n) is 6.98. The van der Waals surface area contributed by atoms with E-state index in [2.05, 4.69) is 55.9 Å². The van der Waals surface area contributed by atoms with Crippen molar-refractivity contribution in [1.29, 1.82) is 5.41 Å². The zero-order valence-corrected chi connectivity index (χ0v) is 23.4. The minimum atomic E-state index is -0.343. The number of rotatable bonds is 9. The van der Waals surface area contributed by atoms with Gasteiger partial charge in [0.1, 0.15) is 17.9 Å². The second-order valence-electron chi connectivity index (χ2n) is 10.8. The third kappa shape index (κ3) is 5.28. The van der Waals surface area contributed by atoms with Crippen molar-refractivity contribution in [3.05, 3.63) is 41.8 Å². The summed E-state index contributed by atoms with van der Waals surface area (Å²) in [6.07, 6.45) is 8.36. The van der Waals surface area contributed by atoms with Crippen molar-refractivity contribution in [2.75, 3.05) is 38.7 Å². The molecular weight excluding hydrogens is 515 g/mol. The molecule has 13 heteroatoms. The normalized spacial score (nSPS) is 18.7. The van der Waals surface area contributed by atoms with Crippen LogP contribution in [0.15, 0.2) is 41.1 Å². The van der Waals surface area contributed by atoms with Gasteiger partial charge in [-0.25, -0.2) is 9.37 Å². The molecule has 0 aromatic carbocycles. The molecule has 2 aliphatic heterocycles. The van der Waals surface area contributed by atoms with Crippen LogP contribution in [0.3, 0.4) is 0 Å². The molecule has 1 saturated heterocycles. The molecule has 0 bridgehead atoms. The summed E-state index contributed by atoms with van der Waals surface area (Å²) in [4.78, 5) is 15.4. The van der Waals surface area contributed by atoms with Gasteiger partial charge in [0.15, 0.2) is 28.7 Å². The first-order valence-electron chi connectivity index (χ1n) is 13.2. The number of fused-ring (bicyclic) bond motifs is 1. The summed E-state index contributed by atoms with van der Waals surface area (Å²) in [6, 6.07) is 2.22. The van der Waals surface area contributed by atoms with Crippen LogP contribution in [-0.2, 0) is 12.5 Å². The van der Waals surface area contributed by atoms with Gasteiger partial charge in [-0.15, -0.1) is 0 Å². The first-order chi connectivity index (χ1) is 19.2. The third-order valence-corrected chi connectivity index (χ3v) is 6.98. The van der Waals surface area contributed by atoms with E-state index in [0.717, 1.165) is 31.4 Å². The zero-order valence-electron chi connectivity index (χ0n) is 23.4. The van der Waals surface area contributed by atoms with Gasteiger partial charge >= 0.3 is 0 Å². The standard InChI is InChI=1S/C27H35FN10O2/c1-27(2,3)21-12-22(35-38(21)17-6-10-37(16-17)11-7-28)33-26-34-25-23(36(26)4)24(39-5)20(15-32-25)40-19(13-29)18-14-30-8-9-31-18/h8-9,12-15,17,29,31H,6-7,10-11,16H2,1-5H3,(H,32,33,34,35)/b19-18+,29-13?/t17-/m1/s1. The first kappa shape index (κ1) is 27.3. The van der Waals surface area contributed by atoms with Crippen LogP contribution >= 0.6 is 0 Å². The Bertz CT molecular complexity index is 1500. The summed E-state index contributed by atoms with van der Waals surface area (Å²) >= 11 is 0. The topological polar surface area (TPSA) is 130 Å². The maximum absolute atomic E-state index is 12.9. The highest BCUT2D eigenvalue weighted by Gasteiger charge is 2.30. The predicted octanol–water partition coefficient (Wildman–Crippen LogP) is 3.82. The number of nitrogens with one attached hydrogen (secondary N) is 3. The van der Waals surface area contributed by atoms with Gasteiger partial charge in [0.2, 0.25) is 5.95 Å². The molecule has 0 radical (unpaired) electrons. The number of aromatic nitrogens is 5. The molecule has 1 atom stereocenters. The number of hydrogen-bond acceptors (Lipinski definition) is 10. The summed E-state index contributed by atoms with van der Waals surface area (Å²) in [5.74, 6) is 2.21. The summed E-state index contributed by atoms with van der Waals surface area (Å²) in [5, 5.41) is 19.1. The van der Waals surface area contributed by atoms with Gasteiger partial charge in [0.05, 0.1) is 31.8 Å². The molecule has 212 valence electrons. The molecule has 40 heavy (non-hydrogen) atoms. The monoisotopic (exact) mass is 550 g/mol. The fourth-order valence-corrected chi connectivity index (χ4v) is 4.99. The predicted molar refractivity (Wildman–Crippen MR) is 153 cm³/mol. The molecule has 3 aromatic rings. The lowest BCUT2D eigenvalue weighted by molar-refractivity contribution is 0.282. The lowest BCUT2D eigenvalue weighted by Gasteiger charge is -2.23. The van der Waals surface area contributed by atoms with E-state index in [4.69, 9.17) is 20.0 Å². The average Bonchev–Trinajstić information content (AvgIpc) is 3.66. The molecule has 1 fully saturated rings. The maximum Gasteiger partial charge on any atom is 0.211 e. The number of pyridine rings is 1. The maximum atomic E-state index is 12.9. The molecule has 12 nitrogen and oxygen atoms in total. The van der Waals surface area contributed by atoms with Gasteiger partial charge in [0, 0.05) is 56.3 Å². The molecule has 0 spiro atoms. The number of imidazole rings is 1. The van der Waals surface area contributed by atoms with Gasteiger partial charge in [-0.3, -0.25) is 14.6 Å². The Labute approximate surface area is 232 Å². The summed E-state index contributed by atoms with van der Waals surface area (Å²) < 4.78 is 28.6. The second-order valence-corrected chi connectivity index (χ2v) is 10.8. The number of ether oxygens (including phenoxy) is 2. The van der Waals surface area contributed by atoms with Crippen LogP contribution in [0.1, 0.15) is 38.9 Å². The number of methoxy groups -OCH3 is 1. The van der Waals surface area contributed by atoms with E-state index in [9.17, 15) is 4.39 Å². The van der Waals surface area contributed by atoms with Crippen LogP contribution in [0.5, 0.6) is 11.5 Å². The van der Waals surface area contributed by atoms with Crippen LogP contribution in [-0.4, -0.2) is 75.1 Å². The molecule has 5 rings (SSSR count). The second kappa shape index (κ2) is 11.1. The molecule has 5 heterocycles. The van der Waals surface area contributed by atoms with Gasteiger partial charge in [-0.1, -0.05) is 20.8 Å². The van der Waals surface area contributed by atoms with E-state index in [0.29, 0.717) is 46.7 Å². The van der Waals surface area contributed by atoms with Crippen molar-refractivity contribution < 1.29 is 13.9 Å². The molecule has 2 aliphatic rings. The Balaban J connectivity index is 1.47. The Morgan fingerprint density at radius 2 is 2.17 bits per heavy atom. The number of hydrogen-bond donors (Lipinski definition) is 3. The smallest absolute Gasteiger partial charge is 0.211 e. The van der Waals surface area contributed by atoms with Crippen LogP contribution in [0.4, 0.5) is 16.2 Å². The summed E-state index contributed by atoms with van der Waals surface area (Å²) in [5.41, 5.74) is 2.57. The molecule has 3 aromatic heterocycles. The van der Waals surface area contributed by atoms with Crippen molar-refractivity contribution in [1.82, 2.24) is 34.5 Å². The minimum Gasteiger partial charge on any atom is -0.491 e. The number of allylic oxidation sites excluding steroid dienone is 2. The molecule has 0 unspecified atom stereocenters. The Kier molecular flexibility index (Phi) is 7.57. The van der Waals surface area contributed by atoms with E-state index in [1.165, 1.54) is 6.20 Å². The number of aliphatic imine (C=N–C) groups is 1. The van der Waals surface area contributed by atoms with E-state index in [1.54, 1.807) is 25.7 Å². The SMILES string of the molecule is COc1c(O/C(C=N)=C2\C=NC=CN2)cnc2nc(Nc3cc(C(C)(C)C)n([C@@H]4CCN(CCF)C4)n3)n(C)c12. The lowest BCUT2D eigenvalue weighted by atomic mass is 9.91. The van der Waals surface area contributed by atoms with Crippen molar-refractivity contribution in [3.8, 4) is 11.5 Å². The molecular formula is C27H35FN10O2. The lowest BCUT2D eigenvalue weighted by Crippen LogP contribution is -2.26. The molecule has 0 amide bonds. The van der Waals surface area contributed by atoms with E-state index < -0.39 is 0 Å². The number of alkyl halides is 1. The molecule has 3 N–H and O–H groups in total. The quantitative estimate of drug-likeness (QED) is 0.271. The fourth-order valence-electron chi connectivity index (χ4n) is 4.99. The minimum absolute atomic E-state index is 0.140. The number of nitrogens with zero attached hydrogens (tertiary/aromatic N) is 7. The van der Waals surface area contributed by atoms with Gasteiger partial charge in [0.25, 0.3) is 0 Å².